The minimum atomic E-state index is 0.619. The Hall–Kier alpha value is -7.21. The summed E-state index contributed by atoms with van der Waals surface area (Å²) < 4.78 is 9.27. The number of furan rings is 1. The van der Waals surface area contributed by atoms with E-state index in [1.54, 1.807) is 0 Å². The molecule has 0 fully saturated rings. The lowest BCUT2D eigenvalue weighted by Crippen LogP contribution is -2.00. The summed E-state index contributed by atoms with van der Waals surface area (Å²) in [6, 6.07) is 65.6. The van der Waals surface area contributed by atoms with Crippen molar-refractivity contribution in [3.8, 4) is 67.5 Å². The molecule has 4 nitrogen and oxygen atoms in total. The van der Waals surface area contributed by atoms with Crippen LogP contribution in [0, 0.1) is 0 Å². The van der Waals surface area contributed by atoms with Crippen LogP contribution in [0.15, 0.2) is 192 Å². The van der Waals surface area contributed by atoms with Gasteiger partial charge in [0.25, 0.3) is 0 Å². The van der Waals surface area contributed by atoms with Gasteiger partial charge in [-0.25, -0.2) is 15.0 Å². The molecule has 3 aromatic heterocycles. The lowest BCUT2D eigenvalue weighted by Gasteiger charge is -2.11. The van der Waals surface area contributed by atoms with Gasteiger partial charge in [0, 0.05) is 53.2 Å². The van der Waals surface area contributed by atoms with Crippen LogP contribution in [0.25, 0.3) is 110 Å². The van der Waals surface area contributed by atoms with E-state index in [0.717, 1.165) is 60.9 Å². The summed E-state index contributed by atoms with van der Waals surface area (Å²) in [5.41, 5.74) is 11.3. The molecule has 0 bridgehead atoms. The molecule has 262 valence electrons. The van der Waals surface area contributed by atoms with Crippen LogP contribution in [0.3, 0.4) is 0 Å². The molecule has 3 heterocycles. The maximum absolute atomic E-state index is 6.69. The number of hydrogen-bond donors (Lipinski definition) is 0. The number of rotatable bonds is 6. The van der Waals surface area contributed by atoms with Gasteiger partial charge in [-0.3, -0.25) is 0 Å². The zero-order valence-electron chi connectivity index (χ0n) is 30.1. The first-order chi connectivity index (χ1) is 27.7. The summed E-state index contributed by atoms with van der Waals surface area (Å²) in [7, 11) is 0. The third kappa shape index (κ3) is 5.56. The quantitative estimate of drug-likeness (QED) is 0.171. The van der Waals surface area contributed by atoms with Gasteiger partial charge in [0.15, 0.2) is 17.5 Å². The van der Waals surface area contributed by atoms with Gasteiger partial charge in [-0.15, -0.1) is 11.3 Å². The number of nitrogens with zero attached hydrogens (tertiary/aromatic N) is 3. The fourth-order valence-electron chi connectivity index (χ4n) is 7.78. The van der Waals surface area contributed by atoms with E-state index in [9.17, 15) is 0 Å². The molecule has 0 saturated carbocycles. The van der Waals surface area contributed by atoms with Crippen LogP contribution in [-0.4, -0.2) is 15.0 Å². The van der Waals surface area contributed by atoms with E-state index in [0.29, 0.717) is 17.5 Å². The molecule has 11 aromatic rings. The van der Waals surface area contributed by atoms with E-state index in [4.69, 9.17) is 19.4 Å². The second-order valence-electron chi connectivity index (χ2n) is 14.0. The number of fused-ring (bicyclic) bond motifs is 6. The molecule has 0 spiro atoms. The van der Waals surface area contributed by atoms with Crippen molar-refractivity contribution in [2.75, 3.05) is 0 Å². The van der Waals surface area contributed by atoms with Crippen LogP contribution in [-0.2, 0) is 0 Å². The first kappa shape index (κ1) is 32.2. The Morgan fingerprint density at radius 3 is 1.52 bits per heavy atom. The predicted molar refractivity (Wildman–Crippen MR) is 233 cm³/mol. The van der Waals surface area contributed by atoms with Crippen molar-refractivity contribution >= 4 is 53.4 Å². The standard InChI is InChI=1S/C51H31N3OS/c1-3-11-32(12-4-1)33-19-23-36(24-20-33)50-52-49(35-13-5-2-6-14-35)53-51(54-50)37-25-21-34(22-26-37)40-30-29-39(47-43-16-7-9-17-44(43)55-48(40)47)38-27-28-42-41-15-8-10-18-45(41)56-46(42)31-38/h1-31H. The molecule has 0 N–H and O–H groups in total. The van der Waals surface area contributed by atoms with Gasteiger partial charge in [0.2, 0.25) is 0 Å². The maximum Gasteiger partial charge on any atom is 0.164 e. The van der Waals surface area contributed by atoms with Crippen molar-refractivity contribution in [3.05, 3.63) is 188 Å². The molecule has 0 aliphatic heterocycles. The minimum Gasteiger partial charge on any atom is -0.455 e. The maximum atomic E-state index is 6.69. The number of thiophene rings is 1. The Kier molecular flexibility index (Phi) is 7.64. The summed E-state index contributed by atoms with van der Waals surface area (Å²) in [4.78, 5) is 15.0. The number of aromatic nitrogens is 3. The molecule has 0 unspecified atom stereocenters. The third-order valence-electron chi connectivity index (χ3n) is 10.6. The predicted octanol–water partition coefficient (Wildman–Crippen LogP) is 14.1. The summed E-state index contributed by atoms with van der Waals surface area (Å²) in [6.07, 6.45) is 0. The topological polar surface area (TPSA) is 51.8 Å². The highest BCUT2D eigenvalue weighted by Crippen LogP contribution is 2.44. The second kappa shape index (κ2) is 13.3. The number of para-hydroxylation sites is 1. The summed E-state index contributed by atoms with van der Waals surface area (Å²) in [5.74, 6) is 1.88. The van der Waals surface area contributed by atoms with Crippen molar-refractivity contribution in [1.82, 2.24) is 15.0 Å². The lowest BCUT2D eigenvalue weighted by molar-refractivity contribution is 0.670. The van der Waals surface area contributed by atoms with E-state index in [2.05, 4.69) is 146 Å². The van der Waals surface area contributed by atoms with E-state index in [-0.39, 0.29) is 0 Å². The molecule has 0 radical (unpaired) electrons. The normalized spacial score (nSPS) is 11.6. The van der Waals surface area contributed by atoms with E-state index < -0.39 is 0 Å². The Bertz CT molecular complexity index is 3220. The van der Waals surface area contributed by atoms with Crippen LogP contribution in [0.2, 0.25) is 0 Å². The second-order valence-corrected chi connectivity index (χ2v) is 15.0. The Labute approximate surface area is 327 Å². The Balaban J connectivity index is 0.998. The zero-order chi connectivity index (χ0) is 37.0. The van der Waals surface area contributed by atoms with Gasteiger partial charge in [-0.2, -0.15) is 0 Å². The zero-order valence-corrected chi connectivity index (χ0v) is 30.9. The molecule has 56 heavy (non-hydrogen) atoms. The van der Waals surface area contributed by atoms with Crippen molar-refractivity contribution < 1.29 is 4.42 Å². The van der Waals surface area contributed by atoms with E-state index >= 15 is 0 Å². The number of hydrogen-bond acceptors (Lipinski definition) is 5. The van der Waals surface area contributed by atoms with Crippen LogP contribution in [0.5, 0.6) is 0 Å². The van der Waals surface area contributed by atoms with E-state index in [1.807, 2.05) is 53.8 Å². The van der Waals surface area contributed by atoms with Crippen LogP contribution in [0.1, 0.15) is 0 Å². The van der Waals surface area contributed by atoms with Gasteiger partial charge in [-0.05, 0) is 52.1 Å². The lowest BCUT2D eigenvalue weighted by atomic mass is 9.94. The SMILES string of the molecule is c1ccc(-c2ccc(-c3nc(-c4ccccc4)nc(-c4ccc(-c5ccc(-c6ccc7c(c6)sc6ccccc67)c6c5oc5ccccc56)cc4)n3)cc2)cc1. The third-order valence-corrected chi connectivity index (χ3v) is 11.7. The van der Waals surface area contributed by atoms with Crippen molar-refractivity contribution in [2.24, 2.45) is 0 Å². The van der Waals surface area contributed by atoms with Crippen LogP contribution >= 0.6 is 11.3 Å². The molecule has 0 saturated heterocycles. The monoisotopic (exact) mass is 733 g/mol. The average molecular weight is 734 g/mol. The largest absolute Gasteiger partial charge is 0.455 e. The molecule has 0 aliphatic rings. The fraction of sp³-hybridized carbons (Fsp3) is 0. The first-order valence-corrected chi connectivity index (χ1v) is 19.5. The van der Waals surface area contributed by atoms with Gasteiger partial charge >= 0.3 is 0 Å². The number of benzene rings is 8. The van der Waals surface area contributed by atoms with Gasteiger partial charge < -0.3 is 4.42 Å². The van der Waals surface area contributed by atoms with Crippen molar-refractivity contribution in [2.45, 2.75) is 0 Å². The molecule has 5 heteroatoms. The molecule has 0 aliphatic carbocycles. The van der Waals surface area contributed by atoms with Crippen molar-refractivity contribution in [3.63, 3.8) is 0 Å². The molecule has 0 amide bonds. The Morgan fingerprint density at radius 1 is 0.339 bits per heavy atom. The first-order valence-electron chi connectivity index (χ1n) is 18.7. The van der Waals surface area contributed by atoms with Crippen molar-refractivity contribution in [1.29, 1.82) is 0 Å². The van der Waals surface area contributed by atoms with Gasteiger partial charge in [0.1, 0.15) is 11.2 Å². The molecule has 11 rings (SSSR count). The molecular weight excluding hydrogens is 703 g/mol. The fourth-order valence-corrected chi connectivity index (χ4v) is 8.93. The van der Waals surface area contributed by atoms with Gasteiger partial charge in [0.05, 0.1) is 0 Å². The summed E-state index contributed by atoms with van der Waals surface area (Å²) in [5, 5.41) is 4.83. The minimum absolute atomic E-state index is 0.619. The summed E-state index contributed by atoms with van der Waals surface area (Å²) >= 11 is 1.84. The molecule has 8 aromatic carbocycles. The smallest absolute Gasteiger partial charge is 0.164 e. The average Bonchev–Trinajstić information content (AvgIpc) is 3.85. The highest BCUT2D eigenvalue weighted by atomic mass is 32.1. The molecule has 0 atom stereocenters. The van der Waals surface area contributed by atoms with Crippen LogP contribution in [0.4, 0.5) is 0 Å². The Morgan fingerprint density at radius 2 is 0.821 bits per heavy atom. The van der Waals surface area contributed by atoms with Gasteiger partial charge in [-0.1, -0.05) is 164 Å². The molecular formula is C51H31N3OS. The van der Waals surface area contributed by atoms with Crippen LogP contribution < -0.4 is 0 Å². The highest BCUT2D eigenvalue weighted by Gasteiger charge is 2.19. The highest BCUT2D eigenvalue weighted by molar-refractivity contribution is 7.25. The van der Waals surface area contributed by atoms with E-state index in [1.165, 1.54) is 31.3 Å². The summed E-state index contributed by atoms with van der Waals surface area (Å²) in [6.45, 7) is 0.